The molecule has 0 fully saturated rings. The van der Waals surface area contributed by atoms with Crippen molar-refractivity contribution < 1.29 is 13.6 Å². The number of quaternary nitrogens is 1. The molecule has 1 unspecified atom stereocenters. The summed E-state index contributed by atoms with van der Waals surface area (Å²) in [5.41, 5.74) is 0. The molecule has 0 rings (SSSR count). The topological polar surface area (TPSA) is 34.1 Å². The van der Waals surface area contributed by atoms with Crippen molar-refractivity contribution in [2.75, 3.05) is 20.1 Å². The summed E-state index contributed by atoms with van der Waals surface area (Å²) in [5.74, 6) is 0. The van der Waals surface area contributed by atoms with Crippen molar-refractivity contribution in [1.82, 2.24) is 0 Å². The van der Waals surface area contributed by atoms with Crippen LogP contribution in [0.25, 0.3) is 0 Å². The van der Waals surface area contributed by atoms with Gasteiger partial charge in [0, 0.05) is 12.8 Å². The quantitative estimate of drug-likeness (QED) is 0.0644. The van der Waals surface area contributed by atoms with Gasteiger partial charge in [0.1, 0.15) is 0 Å². The molecular weight excluding hydrogens is 413 g/mol. The number of nitrogens with zero attached hydrogens (tertiary/aromatic N) is 1. The lowest BCUT2D eigenvalue weighted by atomic mass is 9.99. The van der Waals surface area contributed by atoms with E-state index in [-0.39, 0.29) is 0 Å². The van der Waals surface area contributed by atoms with Crippen LogP contribution in [0.5, 0.6) is 0 Å². The Labute approximate surface area is 202 Å². The van der Waals surface area contributed by atoms with E-state index in [2.05, 4.69) is 46.9 Å². The van der Waals surface area contributed by atoms with Crippen molar-refractivity contribution in [1.29, 1.82) is 0 Å². The second-order valence-corrected chi connectivity index (χ2v) is 11.4. The van der Waals surface area contributed by atoms with E-state index in [4.69, 9.17) is 0 Å². The normalized spacial score (nSPS) is 14.2. The molecule has 4 heteroatoms. The highest BCUT2D eigenvalue weighted by Gasteiger charge is 2.49. The Morgan fingerprint density at radius 2 is 1.03 bits per heavy atom. The molecule has 0 aromatic heterocycles. The first-order valence-corrected chi connectivity index (χ1v) is 15.3. The van der Waals surface area contributed by atoms with Crippen LogP contribution in [0.2, 0.25) is 0 Å². The zero-order valence-corrected chi connectivity index (χ0v) is 23.4. The molecule has 3 nitrogen and oxygen atoms in total. The van der Waals surface area contributed by atoms with Gasteiger partial charge < -0.3 is 4.48 Å². The monoisotopic (exact) mass is 470 g/mol. The lowest BCUT2D eigenvalue weighted by molar-refractivity contribution is -0.942. The van der Waals surface area contributed by atoms with Crippen molar-refractivity contribution in [2.45, 2.75) is 149 Å². The molecule has 0 aliphatic carbocycles. The lowest BCUT2D eigenvalue weighted by Crippen LogP contribution is -2.59. The van der Waals surface area contributed by atoms with Crippen LogP contribution in [0.4, 0.5) is 0 Å². The number of allylic oxidation sites excluding steroid dienone is 2. The molecule has 0 amide bonds. The second kappa shape index (κ2) is 20.0. The minimum atomic E-state index is -2.43. The minimum absolute atomic E-state index is 0.582. The fourth-order valence-electron chi connectivity index (χ4n) is 5.07. The van der Waals surface area contributed by atoms with Gasteiger partial charge in [-0.15, -0.1) is 0 Å². The molecule has 0 heterocycles. The standard InChI is InChI=1S/C28H57NO2P/c1-6-10-11-12-13-14-15-16-17-18-19-20-21-22-23-24-25-26-27-28(7-2,32(30)31)29(5,8-3)9-4/h16-17H,6-15,18-27H2,1-5H3/q+1. The van der Waals surface area contributed by atoms with E-state index < -0.39 is 13.0 Å². The SMILES string of the molecule is CCCCCCCCC=CCCCCCCCCCCC(CC)(P(=O)=O)[N+](C)(CC)CC. The van der Waals surface area contributed by atoms with Crippen molar-refractivity contribution in [3.63, 3.8) is 0 Å². The van der Waals surface area contributed by atoms with E-state index in [9.17, 15) is 9.13 Å². The third-order valence-electron chi connectivity index (χ3n) is 7.90. The maximum atomic E-state index is 12.2. The van der Waals surface area contributed by atoms with E-state index in [1.165, 1.54) is 96.3 Å². The third-order valence-corrected chi connectivity index (χ3v) is 9.60. The molecule has 190 valence electrons. The molecule has 0 bridgehead atoms. The van der Waals surface area contributed by atoms with Gasteiger partial charge in [0.15, 0.2) is 0 Å². The fraction of sp³-hybridized carbons (Fsp3) is 0.929. The highest BCUT2D eigenvalue weighted by Crippen LogP contribution is 2.44. The molecule has 0 N–H and O–H groups in total. The summed E-state index contributed by atoms with van der Waals surface area (Å²) in [6.45, 7) is 10.3. The summed E-state index contributed by atoms with van der Waals surface area (Å²) in [7, 11) is -0.303. The summed E-state index contributed by atoms with van der Waals surface area (Å²) < 4.78 is 25.1. The third kappa shape index (κ3) is 12.2. The molecule has 0 spiro atoms. The summed E-state index contributed by atoms with van der Waals surface area (Å²) >= 11 is 0. The summed E-state index contributed by atoms with van der Waals surface area (Å²) in [5, 5.41) is -0.582. The van der Waals surface area contributed by atoms with Crippen LogP contribution in [0, 0.1) is 0 Å². The average molecular weight is 471 g/mol. The second-order valence-electron chi connectivity index (χ2n) is 10.0. The Bertz CT molecular complexity index is 518. The van der Waals surface area contributed by atoms with Gasteiger partial charge >= 0.3 is 7.68 Å². The summed E-state index contributed by atoms with van der Waals surface area (Å²) in [6, 6.07) is 0. The molecule has 0 aliphatic heterocycles. The average Bonchev–Trinajstić information content (AvgIpc) is 2.80. The van der Waals surface area contributed by atoms with Crippen LogP contribution in [0.1, 0.15) is 143 Å². The Morgan fingerprint density at radius 3 is 1.41 bits per heavy atom. The first-order chi connectivity index (χ1) is 15.4. The number of rotatable bonds is 23. The molecule has 0 saturated heterocycles. The zero-order valence-electron chi connectivity index (χ0n) is 22.5. The van der Waals surface area contributed by atoms with Gasteiger partial charge in [-0.1, -0.05) is 96.6 Å². The van der Waals surface area contributed by atoms with Gasteiger partial charge in [0.25, 0.3) is 0 Å². The Morgan fingerprint density at radius 1 is 0.625 bits per heavy atom. The van der Waals surface area contributed by atoms with Gasteiger partial charge in [0.2, 0.25) is 5.28 Å². The fourth-order valence-corrected chi connectivity index (χ4v) is 6.34. The Balaban J connectivity index is 3.78. The van der Waals surface area contributed by atoms with Crippen LogP contribution in [0.15, 0.2) is 12.2 Å². The molecule has 0 aromatic carbocycles. The molecule has 0 aromatic rings. The largest absolute Gasteiger partial charge is 0.378 e. The van der Waals surface area contributed by atoms with Crippen LogP contribution < -0.4 is 0 Å². The molecule has 0 radical (unpaired) electrons. The van der Waals surface area contributed by atoms with Gasteiger partial charge in [-0.3, -0.25) is 0 Å². The number of unbranched alkanes of at least 4 members (excludes halogenated alkanes) is 14. The minimum Gasteiger partial charge on any atom is -0.310 e. The van der Waals surface area contributed by atoms with Crippen LogP contribution in [0.3, 0.4) is 0 Å². The Kier molecular flexibility index (Phi) is 19.8. The van der Waals surface area contributed by atoms with Crippen molar-refractivity contribution in [3.8, 4) is 0 Å². The number of hydrogen-bond donors (Lipinski definition) is 0. The van der Waals surface area contributed by atoms with Gasteiger partial charge in [-0.2, -0.15) is 0 Å². The zero-order chi connectivity index (χ0) is 24.1. The van der Waals surface area contributed by atoms with Crippen LogP contribution >= 0.6 is 7.68 Å². The molecule has 1 atom stereocenters. The van der Waals surface area contributed by atoms with Crippen molar-refractivity contribution in [2.24, 2.45) is 0 Å². The molecule has 0 saturated carbocycles. The summed E-state index contributed by atoms with van der Waals surface area (Å²) in [6.07, 6.45) is 27.2. The van der Waals surface area contributed by atoms with E-state index in [1.54, 1.807) is 0 Å². The van der Waals surface area contributed by atoms with Crippen molar-refractivity contribution >= 4 is 7.68 Å². The lowest BCUT2D eigenvalue weighted by Gasteiger charge is -2.45. The molecule has 32 heavy (non-hydrogen) atoms. The van der Waals surface area contributed by atoms with E-state index >= 15 is 0 Å². The van der Waals surface area contributed by atoms with Gasteiger partial charge in [-0.25, -0.2) is 9.13 Å². The first-order valence-electron chi connectivity index (χ1n) is 14.1. The van der Waals surface area contributed by atoms with E-state index in [0.29, 0.717) is 4.48 Å². The summed E-state index contributed by atoms with van der Waals surface area (Å²) in [4.78, 5) is 0. The molecule has 0 aliphatic rings. The predicted octanol–water partition coefficient (Wildman–Crippen LogP) is 9.96. The van der Waals surface area contributed by atoms with Gasteiger partial charge in [-0.05, 0) is 46.0 Å². The van der Waals surface area contributed by atoms with Gasteiger partial charge in [0.05, 0.1) is 20.1 Å². The Hall–Kier alpha value is -0.400. The predicted molar refractivity (Wildman–Crippen MR) is 142 cm³/mol. The van der Waals surface area contributed by atoms with E-state index in [1.807, 2.05) is 0 Å². The van der Waals surface area contributed by atoms with Crippen LogP contribution in [-0.4, -0.2) is 29.9 Å². The first kappa shape index (κ1) is 31.6. The molecular formula is C28H57NO2P+. The smallest absolute Gasteiger partial charge is 0.310 e. The number of hydrogen-bond acceptors (Lipinski definition) is 2. The maximum Gasteiger partial charge on any atom is 0.378 e. The van der Waals surface area contributed by atoms with Crippen molar-refractivity contribution in [3.05, 3.63) is 12.2 Å². The van der Waals surface area contributed by atoms with Crippen LogP contribution in [-0.2, 0) is 9.13 Å². The highest BCUT2D eigenvalue weighted by molar-refractivity contribution is 7.32. The maximum absolute atomic E-state index is 12.2. The van der Waals surface area contributed by atoms with E-state index in [0.717, 1.165) is 32.4 Å². The highest BCUT2D eigenvalue weighted by atomic mass is 31.1.